The summed E-state index contributed by atoms with van der Waals surface area (Å²) in [6.07, 6.45) is 10.00. The molecule has 1 amide bonds. The molecule has 1 aliphatic carbocycles. The molecule has 0 bridgehead atoms. The fourth-order valence-electron chi connectivity index (χ4n) is 3.67. The van der Waals surface area contributed by atoms with Crippen molar-refractivity contribution in [3.8, 4) is 0 Å². The van der Waals surface area contributed by atoms with Crippen LogP contribution in [0, 0.1) is 0 Å². The van der Waals surface area contributed by atoms with Gasteiger partial charge in [-0.25, -0.2) is 19.4 Å². The lowest BCUT2D eigenvalue weighted by Gasteiger charge is -2.29. The van der Waals surface area contributed by atoms with Crippen LogP contribution in [0.4, 0.5) is 4.79 Å². The van der Waals surface area contributed by atoms with E-state index < -0.39 is 36.0 Å². The van der Waals surface area contributed by atoms with E-state index in [0.29, 0.717) is 19.4 Å². The third kappa shape index (κ3) is 7.47. The molecule has 1 aromatic heterocycles. The Balaban J connectivity index is 1.45. The summed E-state index contributed by atoms with van der Waals surface area (Å²) in [6.45, 7) is 5.41. The second kappa shape index (κ2) is 11.0. The highest BCUT2D eigenvalue weighted by molar-refractivity contribution is 5.88. The number of carbonyl (C=O) groups excluding carboxylic acids is 3. The Hall–Kier alpha value is -3.62. The fraction of sp³-hybridized carbons (Fsp3) is 0.440. The number of rotatable bonds is 8. The average molecular weight is 470 g/mol. The molecule has 0 atom stereocenters. The maximum Gasteiger partial charge on any atom is 0.408 e. The zero-order chi connectivity index (χ0) is 24.6. The average Bonchev–Trinajstić information content (AvgIpc) is 3.45. The predicted octanol–water partition coefficient (Wildman–Crippen LogP) is 3.83. The minimum atomic E-state index is -1.16. The van der Waals surface area contributed by atoms with Crippen LogP contribution >= 0.6 is 0 Å². The van der Waals surface area contributed by atoms with Crippen molar-refractivity contribution in [3.05, 3.63) is 60.2 Å². The summed E-state index contributed by atoms with van der Waals surface area (Å²) in [4.78, 5) is 40.9. The van der Waals surface area contributed by atoms with Crippen molar-refractivity contribution in [2.75, 3.05) is 6.79 Å². The molecular weight excluding hydrogens is 438 g/mol. The van der Waals surface area contributed by atoms with Gasteiger partial charge in [-0.2, -0.15) is 0 Å². The second-order valence-corrected chi connectivity index (χ2v) is 9.24. The monoisotopic (exact) mass is 469 g/mol. The van der Waals surface area contributed by atoms with Crippen LogP contribution in [-0.2, 0) is 30.3 Å². The van der Waals surface area contributed by atoms with Crippen LogP contribution < -0.4 is 5.32 Å². The molecule has 1 aromatic carbocycles. The van der Waals surface area contributed by atoms with Gasteiger partial charge in [0.05, 0.1) is 6.33 Å². The van der Waals surface area contributed by atoms with Gasteiger partial charge in [0.2, 0.25) is 6.79 Å². The normalized spacial score (nSPS) is 15.1. The number of carbonyl (C=O) groups is 3. The third-order valence-electron chi connectivity index (χ3n) is 5.30. The number of nitrogens with zero attached hydrogens (tertiary/aromatic N) is 2. The van der Waals surface area contributed by atoms with Gasteiger partial charge in [0, 0.05) is 25.0 Å². The van der Waals surface area contributed by atoms with Crippen LogP contribution in [0.15, 0.2) is 49.1 Å². The van der Waals surface area contributed by atoms with Crippen molar-refractivity contribution in [2.45, 2.75) is 64.1 Å². The number of amides is 1. The molecule has 0 radical (unpaired) electrons. The van der Waals surface area contributed by atoms with Crippen molar-refractivity contribution in [3.63, 3.8) is 0 Å². The molecule has 0 saturated heterocycles. The van der Waals surface area contributed by atoms with Gasteiger partial charge in [0.1, 0.15) is 11.1 Å². The number of hydrogen-bond donors (Lipinski definition) is 1. The van der Waals surface area contributed by atoms with E-state index in [0.717, 1.165) is 24.0 Å². The summed E-state index contributed by atoms with van der Waals surface area (Å²) in [5.74, 6) is -1.28. The number of hydrogen-bond acceptors (Lipinski definition) is 7. The van der Waals surface area contributed by atoms with Crippen molar-refractivity contribution < 1.29 is 28.6 Å². The molecule has 34 heavy (non-hydrogen) atoms. The number of benzene rings is 1. The van der Waals surface area contributed by atoms with Crippen molar-refractivity contribution >= 4 is 24.1 Å². The zero-order valence-electron chi connectivity index (χ0n) is 19.8. The first-order valence-corrected chi connectivity index (χ1v) is 11.2. The quantitative estimate of drug-likeness (QED) is 0.356. The molecule has 1 aliphatic rings. The number of esters is 2. The summed E-state index contributed by atoms with van der Waals surface area (Å²) < 4.78 is 17.4. The standard InChI is InChI=1S/C25H31N3O6/c1-24(2,3)34-23(31)27-25(12-4-5-13-25)22(30)33-18-32-21(29)11-10-19-6-8-20(9-7-19)16-28-15-14-26-17-28/h6-11,14-15,17H,4-5,12-13,16,18H2,1-3H3,(H,27,31)/b11-10+. The van der Waals surface area contributed by atoms with E-state index in [1.165, 1.54) is 6.08 Å². The Morgan fingerprint density at radius 2 is 1.82 bits per heavy atom. The van der Waals surface area contributed by atoms with Crippen molar-refractivity contribution in [1.29, 1.82) is 0 Å². The minimum absolute atomic E-state index is 0.440. The smallest absolute Gasteiger partial charge is 0.408 e. The van der Waals surface area contributed by atoms with E-state index in [1.807, 2.05) is 35.0 Å². The van der Waals surface area contributed by atoms with E-state index in [4.69, 9.17) is 14.2 Å². The van der Waals surface area contributed by atoms with Crippen LogP contribution in [0.5, 0.6) is 0 Å². The SMILES string of the molecule is CC(C)(C)OC(=O)NC1(C(=O)OCOC(=O)/C=C/c2ccc(Cn3ccnc3)cc2)CCCC1. The van der Waals surface area contributed by atoms with Gasteiger partial charge in [-0.05, 0) is 50.8 Å². The van der Waals surface area contributed by atoms with Gasteiger partial charge < -0.3 is 24.1 Å². The molecule has 0 spiro atoms. The number of ether oxygens (including phenoxy) is 3. The van der Waals surface area contributed by atoms with Gasteiger partial charge in [-0.3, -0.25) is 0 Å². The van der Waals surface area contributed by atoms with Crippen molar-refractivity contribution in [2.24, 2.45) is 0 Å². The fourth-order valence-corrected chi connectivity index (χ4v) is 3.67. The topological polar surface area (TPSA) is 109 Å². The van der Waals surface area contributed by atoms with Crippen molar-refractivity contribution in [1.82, 2.24) is 14.9 Å². The van der Waals surface area contributed by atoms with E-state index in [1.54, 1.807) is 39.4 Å². The third-order valence-corrected chi connectivity index (χ3v) is 5.30. The first-order valence-electron chi connectivity index (χ1n) is 11.2. The Labute approximate surface area is 199 Å². The number of imidazole rings is 1. The summed E-state index contributed by atoms with van der Waals surface area (Å²) in [5.41, 5.74) is 0.0826. The molecule has 182 valence electrons. The number of alkyl carbamates (subject to hydrolysis) is 1. The van der Waals surface area contributed by atoms with Gasteiger partial charge in [0.25, 0.3) is 0 Å². The maximum atomic E-state index is 12.7. The van der Waals surface area contributed by atoms with Gasteiger partial charge in [-0.1, -0.05) is 37.1 Å². The van der Waals surface area contributed by atoms with E-state index in [-0.39, 0.29) is 0 Å². The van der Waals surface area contributed by atoms with Crippen LogP contribution in [0.2, 0.25) is 0 Å². The highest BCUT2D eigenvalue weighted by atomic mass is 16.7. The zero-order valence-corrected chi connectivity index (χ0v) is 19.8. The lowest BCUT2D eigenvalue weighted by molar-refractivity contribution is -0.169. The van der Waals surface area contributed by atoms with Crippen LogP contribution in [0.25, 0.3) is 6.08 Å². The molecule has 0 unspecified atom stereocenters. The Morgan fingerprint density at radius 1 is 1.12 bits per heavy atom. The maximum absolute atomic E-state index is 12.7. The number of aromatic nitrogens is 2. The lowest BCUT2D eigenvalue weighted by Crippen LogP contribution is -2.54. The Bertz CT molecular complexity index is 1000. The number of nitrogens with one attached hydrogen (secondary N) is 1. The van der Waals surface area contributed by atoms with E-state index in [9.17, 15) is 14.4 Å². The van der Waals surface area contributed by atoms with Crippen LogP contribution in [0.1, 0.15) is 57.6 Å². The predicted molar refractivity (Wildman–Crippen MR) is 124 cm³/mol. The Morgan fingerprint density at radius 3 is 2.44 bits per heavy atom. The lowest BCUT2D eigenvalue weighted by atomic mass is 9.98. The highest BCUT2D eigenvalue weighted by Crippen LogP contribution is 2.31. The van der Waals surface area contributed by atoms with Gasteiger partial charge in [-0.15, -0.1) is 0 Å². The first-order chi connectivity index (χ1) is 16.2. The van der Waals surface area contributed by atoms with Crippen LogP contribution in [-0.4, -0.2) is 45.5 Å². The molecule has 3 rings (SSSR count). The van der Waals surface area contributed by atoms with E-state index in [2.05, 4.69) is 10.3 Å². The molecule has 1 saturated carbocycles. The molecule has 1 heterocycles. The highest BCUT2D eigenvalue weighted by Gasteiger charge is 2.45. The van der Waals surface area contributed by atoms with Crippen LogP contribution in [0.3, 0.4) is 0 Å². The minimum Gasteiger partial charge on any atom is -0.444 e. The molecule has 0 aliphatic heterocycles. The summed E-state index contributed by atoms with van der Waals surface area (Å²) in [6, 6.07) is 7.71. The van der Waals surface area contributed by atoms with Gasteiger partial charge in [0.15, 0.2) is 0 Å². The molecule has 9 nitrogen and oxygen atoms in total. The first kappa shape index (κ1) is 25.0. The molecule has 9 heteroatoms. The largest absolute Gasteiger partial charge is 0.444 e. The summed E-state index contributed by atoms with van der Waals surface area (Å²) >= 11 is 0. The molecule has 1 N–H and O–H groups in total. The second-order valence-electron chi connectivity index (χ2n) is 9.24. The summed E-state index contributed by atoms with van der Waals surface area (Å²) in [7, 11) is 0. The molecule has 1 fully saturated rings. The Kier molecular flexibility index (Phi) is 8.09. The molecule has 2 aromatic rings. The van der Waals surface area contributed by atoms with E-state index >= 15 is 0 Å². The van der Waals surface area contributed by atoms with Gasteiger partial charge >= 0.3 is 18.0 Å². The summed E-state index contributed by atoms with van der Waals surface area (Å²) in [5, 5.41) is 2.66. The molecular formula is C25H31N3O6.